The molecular weight excluding hydrogens is 245 g/mol. The highest BCUT2D eigenvalue weighted by molar-refractivity contribution is 6.62. The van der Waals surface area contributed by atoms with Crippen molar-refractivity contribution in [3.05, 3.63) is 28.2 Å². The van der Waals surface area contributed by atoms with Gasteiger partial charge in [-0.2, -0.15) is 0 Å². The molecule has 0 bridgehead atoms. The second kappa shape index (κ2) is 4.78. The zero-order valence-corrected chi connectivity index (χ0v) is 12.1. The first-order chi connectivity index (χ1) is 8.77. The Labute approximate surface area is 113 Å². The summed E-state index contributed by atoms with van der Waals surface area (Å²) in [5.74, 6) is 0. The van der Waals surface area contributed by atoms with E-state index in [9.17, 15) is 4.79 Å². The van der Waals surface area contributed by atoms with E-state index >= 15 is 0 Å². The van der Waals surface area contributed by atoms with E-state index in [4.69, 9.17) is 14.0 Å². The average Bonchev–Trinajstić information content (AvgIpc) is 2.51. The van der Waals surface area contributed by atoms with Crippen molar-refractivity contribution in [3.63, 3.8) is 0 Å². The fraction of sp³-hybridized carbons (Fsp3) is 0.615. The summed E-state index contributed by atoms with van der Waals surface area (Å²) in [7, 11) is 1.07. The van der Waals surface area contributed by atoms with Crippen molar-refractivity contribution in [1.29, 1.82) is 0 Å². The molecule has 0 unspecified atom stereocenters. The lowest BCUT2D eigenvalue weighted by Gasteiger charge is -2.32. The standard InChI is InChI=1S/C13H20BNO4/c1-12(2)13(3,4)19-14(18-12)10-6-11(16)15-7-9(10)8-17-5/h6-7H,8H2,1-5H3,(H,15,16). The predicted octanol–water partition coefficient (Wildman–Crippen LogP) is 0.820. The second-order valence-electron chi connectivity index (χ2n) is 5.80. The summed E-state index contributed by atoms with van der Waals surface area (Å²) in [6.45, 7) is 8.33. The Hall–Kier alpha value is -1.11. The van der Waals surface area contributed by atoms with E-state index < -0.39 is 18.3 Å². The van der Waals surface area contributed by atoms with Gasteiger partial charge in [-0.05, 0) is 38.7 Å². The first-order valence-electron chi connectivity index (χ1n) is 6.33. The number of nitrogens with one attached hydrogen (secondary N) is 1. The topological polar surface area (TPSA) is 60.6 Å². The summed E-state index contributed by atoms with van der Waals surface area (Å²) in [6, 6.07) is 1.51. The van der Waals surface area contributed by atoms with Crippen molar-refractivity contribution in [2.24, 2.45) is 0 Å². The third-order valence-corrected chi connectivity index (χ3v) is 3.85. The van der Waals surface area contributed by atoms with Gasteiger partial charge in [0.25, 0.3) is 0 Å². The van der Waals surface area contributed by atoms with E-state index in [0.717, 1.165) is 11.0 Å². The van der Waals surface area contributed by atoms with Gasteiger partial charge in [-0.3, -0.25) is 4.79 Å². The Morgan fingerprint density at radius 2 is 1.84 bits per heavy atom. The summed E-state index contributed by atoms with van der Waals surface area (Å²) in [5.41, 5.74) is 0.560. The van der Waals surface area contributed by atoms with Crippen LogP contribution in [0.5, 0.6) is 0 Å². The molecule has 0 atom stereocenters. The lowest BCUT2D eigenvalue weighted by Crippen LogP contribution is -2.41. The highest BCUT2D eigenvalue weighted by Crippen LogP contribution is 2.36. The molecule has 0 aromatic carbocycles. The number of H-pyrrole nitrogens is 1. The van der Waals surface area contributed by atoms with Gasteiger partial charge in [0.2, 0.25) is 5.56 Å². The normalized spacial score (nSPS) is 20.8. The smallest absolute Gasteiger partial charge is 0.399 e. The first-order valence-corrected chi connectivity index (χ1v) is 6.33. The molecule has 1 aliphatic heterocycles. The minimum atomic E-state index is -0.544. The molecular formula is C13H20BNO4. The summed E-state index contributed by atoms with van der Waals surface area (Å²) < 4.78 is 17.1. The lowest BCUT2D eigenvalue weighted by atomic mass is 9.77. The van der Waals surface area contributed by atoms with Crippen LogP contribution >= 0.6 is 0 Å². The Balaban J connectivity index is 2.38. The van der Waals surface area contributed by atoms with Gasteiger partial charge in [-0.1, -0.05) is 0 Å². The first kappa shape index (κ1) is 14.3. The van der Waals surface area contributed by atoms with Crippen molar-refractivity contribution in [2.75, 3.05) is 7.11 Å². The largest absolute Gasteiger partial charge is 0.495 e. The number of pyridine rings is 1. The molecule has 0 amide bonds. The molecule has 0 saturated carbocycles. The van der Waals surface area contributed by atoms with Gasteiger partial charge in [-0.15, -0.1) is 0 Å². The van der Waals surface area contributed by atoms with Gasteiger partial charge < -0.3 is 19.0 Å². The number of aromatic amines is 1. The van der Waals surface area contributed by atoms with E-state index in [1.165, 1.54) is 6.07 Å². The van der Waals surface area contributed by atoms with Crippen molar-refractivity contribution in [3.8, 4) is 0 Å². The molecule has 104 valence electrons. The number of aromatic nitrogens is 1. The van der Waals surface area contributed by atoms with Crippen LogP contribution in [0.3, 0.4) is 0 Å². The van der Waals surface area contributed by atoms with Gasteiger partial charge in [0.1, 0.15) is 0 Å². The minimum Gasteiger partial charge on any atom is -0.399 e. The molecule has 2 heterocycles. The maximum absolute atomic E-state index is 11.5. The lowest BCUT2D eigenvalue weighted by molar-refractivity contribution is 0.00578. The van der Waals surface area contributed by atoms with Crippen molar-refractivity contribution < 1.29 is 14.0 Å². The summed E-state index contributed by atoms with van der Waals surface area (Å²) in [6.07, 6.45) is 1.65. The molecule has 1 aromatic heterocycles. The van der Waals surface area contributed by atoms with Crippen LogP contribution in [0.25, 0.3) is 0 Å². The van der Waals surface area contributed by atoms with Crippen LogP contribution in [0.4, 0.5) is 0 Å². The number of rotatable bonds is 3. The monoisotopic (exact) mass is 265 g/mol. The molecule has 1 aromatic rings. The molecule has 1 aliphatic rings. The third-order valence-electron chi connectivity index (χ3n) is 3.85. The van der Waals surface area contributed by atoms with E-state index in [0.29, 0.717) is 6.61 Å². The Kier molecular flexibility index (Phi) is 3.60. The molecule has 2 rings (SSSR count). The Morgan fingerprint density at radius 3 is 2.37 bits per heavy atom. The van der Waals surface area contributed by atoms with E-state index in [1.807, 2.05) is 27.7 Å². The number of methoxy groups -OCH3 is 1. The number of hydrogen-bond acceptors (Lipinski definition) is 4. The van der Waals surface area contributed by atoms with Crippen LogP contribution in [0.1, 0.15) is 33.3 Å². The average molecular weight is 265 g/mol. The Bertz CT molecular complexity index is 508. The van der Waals surface area contributed by atoms with Crippen LogP contribution in [0.15, 0.2) is 17.1 Å². The van der Waals surface area contributed by atoms with Crippen LogP contribution in [0, 0.1) is 0 Å². The fourth-order valence-electron chi connectivity index (χ4n) is 1.99. The van der Waals surface area contributed by atoms with Gasteiger partial charge in [0, 0.05) is 19.4 Å². The van der Waals surface area contributed by atoms with Gasteiger partial charge in [0.15, 0.2) is 0 Å². The maximum atomic E-state index is 11.5. The van der Waals surface area contributed by atoms with Crippen LogP contribution in [-0.2, 0) is 20.7 Å². The highest BCUT2D eigenvalue weighted by Gasteiger charge is 2.52. The van der Waals surface area contributed by atoms with Crippen molar-refractivity contribution >= 4 is 12.6 Å². The molecule has 1 N–H and O–H groups in total. The zero-order chi connectivity index (χ0) is 14.3. The highest BCUT2D eigenvalue weighted by atomic mass is 16.7. The molecule has 6 heteroatoms. The molecule has 1 fully saturated rings. The fourth-order valence-corrected chi connectivity index (χ4v) is 1.99. The maximum Gasteiger partial charge on any atom is 0.495 e. The van der Waals surface area contributed by atoms with Crippen LogP contribution in [-0.4, -0.2) is 30.4 Å². The minimum absolute atomic E-state index is 0.176. The van der Waals surface area contributed by atoms with Gasteiger partial charge >= 0.3 is 7.12 Å². The molecule has 5 nitrogen and oxygen atoms in total. The summed E-state index contributed by atoms with van der Waals surface area (Å²) in [4.78, 5) is 14.2. The van der Waals surface area contributed by atoms with Crippen molar-refractivity contribution in [2.45, 2.75) is 45.5 Å². The van der Waals surface area contributed by atoms with E-state index in [-0.39, 0.29) is 5.56 Å². The van der Waals surface area contributed by atoms with E-state index in [1.54, 1.807) is 13.3 Å². The molecule has 0 aliphatic carbocycles. The molecule has 0 spiro atoms. The number of hydrogen-bond donors (Lipinski definition) is 1. The molecule has 1 saturated heterocycles. The van der Waals surface area contributed by atoms with E-state index in [2.05, 4.69) is 4.98 Å². The van der Waals surface area contributed by atoms with Gasteiger partial charge in [0.05, 0.1) is 17.8 Å². The predicted molar refractivity (Wildman–Crippen MR) is 73.5 cm³/mol. The zero-order valence-electron chi connectivity index (χ0n) is 12.1. The molecule has 19 heavy (non-hydrogen) atoms. The third kappa shape index (κ3) is 2.61. The summed E-state index contributed by atoms with van der Waals surface area (Å²) in [5, 5.41) is 0. The quantitative estimate of drug-likeness (QED) is 0.822. The van der Waals surface area contributed by atoms with Crippen molar-refractivity contribution in [1.82, 2.24) is 4.98 Å². The molecule has 0 radical (unpaired) electrons. The number of ether oxygens (including phenoxy) is 1. The second-order valence-corrected chi connectivity index (χ2v) is 5.80. The van der Waals surface area contributed by atoms with Crippen LogP contribution < -0.4 is 11.0 Å². The van der Waals surface area contributed by atoms with Gasteiger partial charge in [-0.25, -0.2) is 0 Å². The van der Waals surface area contributed by atoms with Crippen LogP contribution in [0.2, 0.25) is 0 Å². The summed E-state index contributed by atoms with van der Waals surface area (Å²) >= 11 is 0. The Morgan fingerprint density at radius 1 is 1.26 bits per heavy atom. The SMILES string of the molecule is COCc1c[nH]c(=O)cc1B1OC(C)(C)C(C)(C)O1.